The van der Waals surface area contributed by atoms with Gasteiger partial charge in [0, 0.05) is 23.2 Å². The first-order valence-corrected chi connectivity index (χ1v) is 6.84. The predicted octanol–water partition coefficient (Wildman–Crippen LogP) is 1.86. The van der Waals surface area contributed by atoms with E-state index in [4.69, 9.17) is 5.73 Å². The number of piperidine rings is 1. The van der Waals surface area contributed by atoms with E-state index in [9.17, 15) is 0 Å². The maximum Gasteiger partial charge on any atom is 0.113 e. The molecule has 0 aliphatic carbocycles. The molecule has 2 aliphatic heterocycles. The van der Waals surface area contributed by atoms with Crippen LogP contribution in [0, 0.1) is 6.92 Å². The number of fused-ring (bicyclic) bond motifs is 2. The van der Waals surface area contributed by atoms with Crippen molar-refractivity contribution in [1.82, 2.24) is 9.88 Å². The molecule has 2 fully saturated rings. The lowest BCUT2D eigenvalue weighted by molar-refractivity contribution is 0.113. The first kappa shape index (κ1) is 10.7. The van der Waals surface area contributed by atoms with Crippen LogP contribution in [0.25, 0.3) is 0 Å². The Morgan fingerprint density at radius 3 is 2.56 bits per heavy atom. The highest BCUT2D eigenvalue weighted by molar-refractivity contribution is 7.11. The lowest BCUT2D eigenvalue weighted by Gasteiger charge is -2.41. The van der Waals surface area contributed by atoms with Crippen LogP contribution in [-0.4, -0.2) is 29.0 Å². The lowest BCUT2D eigenvalue weighted by Crippen LogP contribution is -2.52. The Labute approximate surface area is 101 Å². The fourth-order valence-corrected chi connectivity index (χ4v) is 4.15. The third kappa shape index (κ3) is 1.51. The molecule has 1 aromatic rings. The molecule has 2 N–H and O–H groups in total. The molecule has 0 saturated carbocycles. The summed E-state index contributed by atoms with van der Waals surface area (Å²) in [6.07, 6.45) is 6.73. The van der Waals surface area contributed by atoms with Crippen LogP contribution < -0.4 is 5.73 Å². The van der Waals surface area contributed by atoms with Crippen molar-refractivity contribution in [3.8, 4) is 0 Å². The molecule has 2 aliphatic rings. The number of aryl methyl sites for hydroxylation is 1. The predicted molar refractivity (Wildman–Crippen MR) is 66.5 cm³/mol. The van der Waals surface area contributed by atoms with Gasteiger partial charge in [-0.1, -0.05) is 0 Å². The average Bonchev–Trinajstić information content (AvgIpc) is 2.73. The fraction of sp³-hybridized carbons (Fsp3) is 0.750. The highest BCUT2D eigenvalue weighted by Crippen LogP contribution is 2.44. The van der Waals surface area contributed by atoms with Crippen molar-refractivity contribution in [2.75, 3.05) is 7.05 Å². The molecule has 0 radical (unpaired) electrons. The van der Waals surface area contributed by atoms with Crippen LogP contribution in [0.3, 0.4) is 0 Å². The molecule has 3 heterocycles. The van der Waals surface area contributed by atoms with E-state index in [0.717, 1.165) is 17.8 Å². The molecule has 3 nitrogen and oxygen atoms in total. The molecule has 3 rings (SSSR count). The van der Waals surface area contributed by atoms with Gasteiger partial charge in [0.2, 0.25) is 0 Å². The van der Waals surface area contributed by atoms with Gasteiger partial charge in [-0.05, 0) is 39.7 Å². The number of thiazole rings is 1. The minimum Gasteiger partial charge on any atom is -0.319 e. The smallest absolute Gasteiger partial charge is 0.113 e. The highest BCUT2D eigenvalue weighted by atomic mass is 32.1. The highest BCUT2D eigenvalue weighted by Gasteiger charge is 2.46. The van der Waals surface area contributed by atoms with Gasteiger partial charge in [0.15, 0.2) is 0 Å². The first-order chi connectivity index (χ1) is 7.58. The quantitative estimate of drug-likeness (QED) is 0.810. The molecule has 4 heteroatoms. The number of hydrogen-bond donors (Lipinski definition) is 1. The van der Waals surface area contributed by atoms with Crippen LogP contribution in [-0.2, 0) is 5.54 Å². The van der Waals surface area contributed by atoms with Gasteiger partial charge < -0.3 is 10.6 Å². The third-order valence-electron chi connectivity index (χ3n) is 4.23. The third-order valence-corrected chi connectivity index (χ3v) is 5.36. The average molecular weight is 237 g/mol. The van der Waals surface area contributed by atoms with E-state index in [1.54, 1.807) is 11.3 Å². The van der Waals surface area contributed by atoms with Crippen LogP contribution in [0.4, 0.5) is 0 Å². The zero-order chi connectivity index (χ0) is 11.3. The van der Waals surface area contributed by atoms with Crippen molar-refractivity contribution in [1.29, 1.82) is 0 Å². The van der Waals surface area contributed by atoms with Gasteiger partial charge in [0.25, 0.3) is 0 Å². The zero-order valence-electron chi connectivity index (χ0n) is 9.94. The summed E-state index contributed by atoms with van der Waals surface area (Å²) in [6, 6.07) is 1.35. The van der Waals surface area contributed by atoms with E-state index in [0.29, 0.717) is 12.1 Å². The SMILES string of the molecule is Cc1cnc(C2(N)CC3CCC(C2)N3C)s1. The van der Waals surface area contributed by atoms with E-state index >= 15 is 0 Å². The topological polar surface area (TPSA) is 42.1 Å². The molecule has 1 aromatic heterocycles. The molecular weight excluding hydrogens is 218 g/mol. The molecule has 0 amide bonds. The second-order valence-corrected chi connectivity index (χ2v) is 6.63. The summed E-state index contributed by atoms with van der Waals surface area (Å²) >= 11 is 1.77. The van der Waals surface area contributed by atoms with Gasteiger partial charge in [-0.25, -0.2) is 4.98 Å². The van der Waals surface area contributed by atoms with Crippen molar-refractivity contribution in [2.45, 2.75) is 50.2 Å². The summed E-state index contributed by atoms with van der Waals surface area (Å²) < 4.78 is 0. The Hall–Kier alpha value is -0.450. The second kappa shape index (κ2) is 3.52. The summed E-state index contributed by atoms with van der Waals surface area (Å²) in [5.41, 5.74) is 6.44. The van der Waals surface area contributed by atoms with Crippen LogP contribution in [0.1, 0.15) is 35.6 Å². The summed E-state index contributed by atoms with van der Waals surface area (Å²) in [4.78, 5) is 8.30. The summed E-state index contributed by atoms with van der Waals surface area (Å²) in [5.74, 6) is 0. The Morgan fingerprint density at radius 1 is 1.44 bits per heavy atom. The summed E-state index contributed by atoms with van der Waals surface area (Å²) in [6.45, 7) is 2.11. The molecule has 16 heavy (non-hydrogen) atoms. The summed E-state index contributed by atoms with van der Waals surface area (Å²) in [7, 11) is 2.25. The van der Waals surface area contributed by atoms with Gasteiger partial charge in [0.05, 0.1) is 5.54 Å². The minimum atomic E-state index is -0.155. The molecular formula is C12H19N3S. The Balaban J connectivity index is 1.90. The van der Waals surface area contributed by atoms with Crippen LogP contribution in [0.15, 0.2) is 6.20 Å². The maximum absolute atomic E-state index is 6.60. The fourth-order valence-electron chi connectivity index (χ4n) is 3.27. The number of rotatable bonds is 1. The van der Waals surface area contributed by atoms with E-state index in [2.05, 4.69) is 23.9 Å². The second-order valence-electron chi connectivity index (χ2n) is 5.39. The van der Waals surface area contributed by atoms with Crippen molar-refractivity contribution in [3.05, 3.63) is 16.1 Å². The molecule has 2 atom stereocenters. The van der Waals surface area contributed by atoms with Gasteiger partial charge in [-0.3, -0.25) is 0 Å². The number of nitrogens with two attached hydrogens (primary N) is 1. The van der Waals surface area contributed by atoms with Crippen LogP contribution >= 0.6 is 11.3 Å². The van der Waals surface area contributed by atoms with E-state index < -0.39 is 0 Å². The monoisotopic (exact) mass is 237 g/mol. The molecule has 0 spiro atoms. The number of nitrogens with zero attached hydrogens (tertiary/aromatic N) is 2. The molecule has 2 bridgehead atoms. The number of aromatic nitrogens is 1. The minimum absolute atomic E-state index is 0.155. The van der Waals surface area contributed by atoms with Gasteiger partial charge in [-0.2, -0.15) is 0 Å². The van der Waals surface area contributed by atoms with Gasteiger partial charge >= 0.3 is 0 Å². The lowest BCUT2D eigenvalue weighted by atomic mass is 9.84. The standard InChI is InChI=1S/C12H19N3S/c1-8-7-14-11(16-8)12(13)5-9-3-4-10(6-12)15(9)2/h7,9-10H,3-6,13H2,1-2H3. The molecule has 88 valence electrons. The van der Waals surface area contributed by atoms with E-state index in [-0.39, 0.29) is 5.54 Å². The summed E-state index contributed by atoms with van der Waals surface area (Å²) in [5, 5.41) is 1.15. The maximum atomic E-state index is 6.60. The molecule has 2 saturated heterocycles. The van der Waals surface area contributed by atoms with Crippen LogP contribution in [0.2, 0.25) is 0 Å². The van der Waals surface area contributed by atoms with Crippen molar-refractivity contribution in [3.63, 3.8) is 0 Å². The molecule has 0 aromatic carbocycles. The largest absolute Gasteiger partial charge is 0.319 e. The van der Waals surface area contributed by atoms with Crippen molar-refractivity contribution in [2.24, 2.45) is 5.73 Å². The molecule has 2 unspecified atom stereocenters. The Morgan fingerprint density at radius 2 is 2.06 bits per heavy atom. The Kier molecular flexibility index (Phi) is 2.35. The Bertz CT molecular complexity index is 387. The van der Waals surface area contributed by atoms with E-state index in [1.165, 1.54) is 17.7 Å². The first-order valence-electron chi connectivity index (χ1n) is 6.02. The van der Waals surface area contributed by atoms with Crippen molar-refractivity contribution >= 4 is 11.3 Å². The van der Waals surface area contributed by atoms with Crippen LogP contribution in [0.5, 0.6) is 0 Å². The van der Waals surface area contributed by atoms with Gasteiger partial charge in [0.1, 0.15) is 5.01 Å². The number of hydrogen-bond acceptors (Lipinski definition) is 4. The van der Waals surface area contributed by atoms with E-state index in [1.807, 2.05) is 6.20 Å². The van der Waals surface area contributed by atoms with Crippen molar-refractivity contribution < 1.29 is 0 Å². The van der Waals surface area contributed by atoms with Gasteiger partial charge in [-0.15, -0.1) is 11.3 Å². The zero-order valence-corrected chi connectivity index (χ0v) is 10.8. The normalized spacial score (nSPS) is 39.2.